The number of likely N-dealkylation sites (tertiary alicyclic amines) is 1. The quantitative estimate of drug-likeness (QED) is 0.191. The second kappa shape index (κ2) is 13.5. The first-order valence-corrected chi connectivity index (χ1v) is 14.3. The predicted molar refractivity (Wildman–Crippen MR) is 157 cm³/mol. The van der Waals surface area contributed by atoms with Gasteiger partial charge in [0.05, 0.1) is 6.04 Å². The molecule has 0 radical (unpaired) electrons. The van der Waals surface area contributed by atoms with Crippen LogP contribution in [0.2, 0.25) is 0 Å². The van der Waals surface area contributed by atoms with Crippen LogP contribution in [-0.2, 0) is 32.0 Å². The van der Waals surface area contributed by atoms with Crippen molar-refractivity contribution in [1.29, 1.82) is 0 Å². The number of aromatic hydroxyl groups is 1. The molecule has 1 fully saturated rings. The number of aromatic nitrogens is 1. The van der Waals surface area contributed by atoms with Gasteiger partial charge in [-0.1, -0.05) is 44.2 Å². The van der Waals surface area contributed by atoms with Gasteiger partial charge >= 0.3 is 5.97 Å². The van der Waals surface area contributed by atoms with Gasteiger partial charge in [-0.2, -0.15) is 0 Å². The van der Waals surface area contributed by atoms with Crippen molar-refractivity contribution in [3.63, 3.8) is 0 Å². The maximum absolute atomic E-state index is 13.9. The summed E-state index contributed by atoms with van der Waals surface area (Å²) in [5.41, 5.74) is 8.47. The van der Waals surface area contributed by atoms with Crippen molar-refractivity contribution in [2.45, 2.75) is 70.1 Å². The Morgan fingerprint density at radius 3 is 2.38 bits per heavy atom. The molecule has 4 rings (SSSR count). The largest absolute Gasteiger partial charge is 0.508 e. The molecule has 0 bridgehead atoms. The number of carboxylic acids is 1. The summed E-state index contributed by atoms with van der Waals surface area (Å²) in [6.45, 7) is 4.16. The monoisotopic (exact) mass is 577 g/mol. The lowest BCUT2D eigenvalue weighted by molar-refractivity contribution is -0.149. The summed E-state index contributed by atoms with van der Waals surface area (Å²) in [5, 5.41) is 25.9. The van der Waals surface area contributed by atoms with Crippen LogP contribution in [0.4, 0.5) is 0 Å². The Balaban J connectivity index is 1.62. The number of amides is 3. The fraction of sp³-hybridized carbons (Fsp3) is 0.419. The minimum absolute atomic E-state index is 0.0513. The number of nitrogens with zero attached hydrogens (tertiary/aromatic N) is 1. The van der Waals surface area contributed by atoms with E-state index in [1.807, 2.05) is 38.1 Å². The number of phenolic OH excluding ortho intramolecular Hbond substituents is 1. The summed E-state index contributed by atoms with van der Waals surface area (Å²) in [5.74, 6) is -2.46. The molecule has 11 nitrogen and oxygen atoms in total. The number of benzene rings is 2. The first-order chi connectivity index (χ1) is 20.0. The van der Waals surface area contributed by atoms with E-state index in [1.54, 1.807) is 18.3 Å². The molecule has 2 aromatic carbocycles. The standard InChI is InChI=1S/C31H39N5O6/c1-18(2)14-23(32)28(38)34-25(16-20-17-33-24-7-4-3-6-22(20)24)29(39)35-26(15-19-9-11-21(37)12-10-19)30(40)36-13-5-8-27(36)31(41)42/h3-4,6-7,9-12,17-18,23,25-27,33,37H,5,8,13-16,32H2,1-2H3,(H,34,38)(H,35,39)(H,41,42). The van der Waals surface area contributed by atoms with Crippen molar-refractivity contribution in [3.8, 4) is 5.75 Å². The topological polar surface area (TPSA) is 178 Å². The van der Waals surface area contributed by atoms with Crippen LogP contribution in [0.5, 0.6) is 5.75 Å². The van der Waals surface area contributed by atoms with E-state index in [0.29, 0.717) is 24.8 Å². The van der Waals surface area contributed by atoms with Crippen molar-refractivity contribution in [2.75, 3.05) is 6.54 Å². The third-order valence-electron chi connectivity index (χ3n) is 7.61. The Labute approximate surface area is 244 Å². The molecule has 11 heteroatoms. The molecule has 1 aliphatic rings. The van der Waals surface area contributed by atoms with E-state index in [-0.39, 0.29) is 31.1 Å². The number of hydrogen-bond acceptors (Lipinski definition) is 6. The molecule has 4 atom stereocenters. The van der Waals surface area contributed by atoms with E-state index in [1.165, 1.54) is 17.0 Å². The van der Waals surface area contributed by atoms with Gasteiger partial charge < -0.3 is 36.5 Å². The minimum Gasteiger partial charge on any atom is -0.508 e. The molecule has 224 valence electrons. The molecule has 42 heavy (non-hydrogen) atoms. The molecule has 0 saturated carbocycles. The van der Waals surface area contributed by atoms with Crippen LogP contribution >= 0.6 is 0 Å². The molecule has 0 spiro atoms. The number of aliphatic carboxylic acids is 1. The number of carbonyl (C=O) groups excluding carboxylic acids is 3. The van der Waals surface area contributed by atoms with Gasteiger partial charge in [0, 0.05) is 36.5 Å². The number of hydrogen-bond donors (Lipinski definition) is 6. The second-order valence-electron chi connectivity index (χ2n) is 11.3. The van der Waals surface area contributed by atoms with E-state index < -0.39 is 47.9 Å². The highest BCUT2D eigenvalue weighted by molar-refractivity contribution is 5.95. The Morgan fingerprint density at radius 1 is 1.00 bits per heavy atom. The number of phenols is 1. The molecular formula is C31H39N5O6. The second-order valence-corrected chi connectivity index (χ2v) is 11.3. The van der Waals surface area contributed by atoms with Crippen LogP contribution in [0, 0.1) is 5.92 Å². The number of carbonyl (C=O) groups is 4. The van der Waals surface area contributed by atoms with Crippen molar-refractivity contribution >= 4 is 34.6 Å². The van der Waals surface area contributed by atoms with Gasteiger partial charge in [0.25, 0.3) is 0 Å². The summed E-state index contributed by atoms with van der Waals surface area (Å²) in [7, 11) is 0. The molecule has 4 unspecified atom stereocenters. The molecule has 7 N–H and O–H groups in total. The van der Waals surface area contributed by atoms with Crippen LogP contribution < -0.4 is 16.4 Å². The zero-order valence-electron chi connectivity index (χ0n) is 23.9. The maximum Gasteiger partial charge on any atom is 0.326 e. The molecule has 1 saturated heterocycles. The van der Waals surface area contributed by atoms with Gasteiger partial charge in [-0.3, -0.25) is 14.4 Å². The Kier molecular flexibility index (Phi) is 9.84. The van der Waals surface area contributed by atoms with Gasteiger partial charge in [-0.25, -0.2) is 4.79 Å². The SMILES string of the molecule is CC(C)CC(N)C(=O)NC(Cc1c[nH]c2ccccc12)C(=O)NC(Cc1ccc(O)cc1)C(=O)N1CCCC1C(=O)O. The summed E-state index contributed by atoms with van der Waals surface area (Å²) >= 11 is 0. The van der Waals surface area contributed by atoms with Crippen molar-refractivity contribution < 1.29 is 29.4 Å². The Bertz CT molecular complexity index is 1420. The third kappa shape index (κ3) is 7.47. The summed E-state index contributed by atoms with van der Waals surface area (Å²) in [4.78, 5) is 57.0. The lowest BCUT2D eigenvalue weighted by Gasteiger charge is -2.29. The average Bonchev–Trinajstić information content (AvgIpc) is 3.60. The number of carboxylic acid groups (broad SMARTS) is 1. The molecular weight excluding hydrogens is 538 g/mol. The lowest BCUT2D eigenvalue weighted by atomic mass is 10.00. The zero-order chi connectivity index (χ0) is 30.4. The minimum atomic E-state index is -1.10. The highest BCUT2D eigenvalue weighted by atomic mass is 16.4. The number of nitrogens with two attached hydrogens (primary N) is 1. The summed E-state index contributed by atoms with van der Waals surface area (Å²) < 4.78 is 0. The Morgan fingerprint density at radius 2 is 1.69 bits per heavy atom. The average molecular weight is 578 g/mol. The van der Waals surface area contributed by atoms with Crippen LogP contribution in [0.25, 0.3) is 10.9 Å². The van der Waals surface area contributed by atoms with E-state index >= 15 is 0 Å². The summed E-state index contributed by atoms with van der Waals surface area (Å²) in [6.07, 6.45) is 3.28. The lowest BCUT2D eigenvalue weighted by Crippen LogP contribution is -2.58. The number of aromatic amines is 1. The fourth-order valence-corrected chi connectivity index (χ4v) is 5.45. The van der Waals surface area contributed by atoms with Gasteiger partial charge in [0.15, 0.2) is 0 Å². The third-order valence-corrected chi connectivity index (χ3v) is 7.61. The van der Waals surface area contributed by atoms with Crippen LogP contribution in [-0.4, -0.2) is 74.5 Å². The van der Waals surface area contributed by atoms with Gasteiger partial charge in [0.2, 0.25) is 17.7 Å². The van der Waals surface area contributed by atoms with Gasteiger partial charge in [0.1, 0.15) is 23.9 Å². The zero-order valence-corrected chi connectivity index (χ0v) is 23.9. The van der Waals surface area contributed by atoms with Crippen LogP contribution in [0.15, 0.2) is 54.7 Å². The molecule has 0 aliphatic carbocycles. The Hall–Kier alpha value is -4.38. The van der Waals surface area contributed by atoms with Crippen LogP contribution in [0.3, 0.4) is 0 Å². The highest BCUT2D eigenvalue weighted by Crippen LogP contribution is 2.22. The van der Waals surface area contributed by atoms with E-state index in [9.17, 15) is 29.4 Å². The molecule has 1 aliphatic heterocycles. The molecule has 2 heterocycles. The van der Waals surface area contributed by atoms with Crippen molar-refractivity contribution in [1.82, 2.24) is 20.5 Å². The first kappa shape index (κ1) is 30.6. The van der Waals surface area contributed by atoms with E-state index in [0.717, 1.165) is 16.5 Å². The molecule has 3 amide bonds. The normalized spacial score (nSPS) is 17.1. The number of nitrogens with one attached hydrogen (secondary N) is 3. The summed E-state index contributed by atoms with van der Waals surface area (Å²) in [6, 6.07) is 9.86. The molecule has 3 aromatic rings. The van der Waals surface area contributed by atoms with Gasteiger partial charge in [-0.15, -0.1) is 0 Å². The van der Waals surface area contributed by atoms with Gasteiger partial charge in [-0.05, 0) is 54.5 Å². The van der Waals surface area contributed by atoms with E-state index in [4.69, 9.17) is 5.73 Å². The highest BCUT2D eigenvalue weighted by Gasteiger charge is 2.38. The number of rotatable bonds is 12. The number of H-pyrrole nitrogens is 1. The number of fused-ring (bicyclic) bond motifs is 1. The number of para-hydroxylation sites is 1. The first-order valence-electron chi connectivity index (χ1n) is 14.3. The fourth-order valence-electron chi connectivity index (χ4n) is 5.45. The maximum atomic E-state index is 13.9. The van der Waals surface area contributed by atoms with Crippen LogP contribution in [0.1, 0.15) is 44.2 Å². The van der Waals surface area contributed by atoms with Crippen molar-refractivity contribution in [3.05, 3.63) is 65.9 Å². The van der Waals surface area contributed by atoms with E-state index in [2.05, 4.69) is 15.6 Å². The molecule has 1 aromatic heterocycles. The van der Waals surface area contributed by atoms with Crippen molar-refractivity contribution in [2.24, 2.45) is 11.7 Å². The smallest absolute Gasteiger partial charge is 0.326 e. The predicted octanol–water partition coefficient (Wildman–Crippen LogP) is 2.08.